The third-order valence-corrected chi connectivity index (χ3v) is 6.03. The SMILES string of the molecule is CC(CCCc1ccccc1)(NC(=O)C(=O)c1c(-c2ccccc2)cc2ccccn12)C(=O)O. The summed E-state index contributed by atoms with van der Waals surface area (Å²) in [7, 11) is 0. The lowest BCUT2D eigenvalue weighted by molar-refractivity contribution is -0.146. The number of hydrogen-bond acceptors (Lipinski definition) is 3. The van der Waals surface area contributed by atoms with Crippen molar-refractivity contribution < 1.29 is 19.5 Å². The summed E-state index contributed by atoms with van der Waals surface area (Å²) in [4.78, 5) is 38.5. The predicted molar refractivity (Wildman–Crippen MR) is 131 cm³/mol. The summed E-state index contributed by atoms with van der Waals surface area (Å²) < 4.78 is 1.66. The van der Waals surface area contributed by atoms with Crippen molar-refractivity contribution in [3.05, 3.63) is 102 Å². The van der Waals surface area contributed by atoms with Crippen molar-refractivity contribution in [1.29, 1.82) is 0 Å². The number of Topliss-reactive ketones (excluding diaryl/α,β-unsaturated/α-hetero) is 1. The molecular formula is C28H26N2O4. The largest absolute Gasteiger partial charge is 0.480 e. The van der Waals surface area contributed by atoms with Gasteiger partial charge in [-0.05, 0) is 55.5 Å². The Labute approximate surface area is 197 Å². The Kier molecular flexibility index (Phi) is 6.59. The standard InChI is InChI=1S/C28H26N2O4/c1-28(27(33)34,17-10-13-20-11-4-2-5-12-20)29-26(32)25(31)24-23(21-14-6-3-7-15-21)19-22-16-8-9-18-30(22)24/h2-9,11-12,14-16,18-19H,10,13,17H2,1H3,(H,29,32)(H,33,34). The van der Waals surface area contributed by atoms with Gasteiger partial charge in [-0.25, -0.2) is 4.79 Å². The van der Waals surface area contributed by atoms with Crippen molar-refractivity contribution in [3.8, 4) is 11.1 Å². The highest BCUT2D eigenvalue weighted by Gasteiger charge is 2.37. The van der Waals surface area contributed by atoms with Gasteiger partial charge in [0.1, 0.15) is 11.2 Å². The number of carboxylic acid groups (broad SMARTS) is 1. The fourth-order valence-corrected chi connectivity index (χ4v) is 4.12. The number of aromatic nitrogens is 1. The monoisotopic (exact) mass is 454 g/mol. The highest BCUT2D eigenvalue weighted by Crippen LogP contribution is 2.28. The van der Waals surface area contributed by atoms with Crippen LogP contribution in [-0.2, 0) is 16.0 Å². The van der Waals surface area contributed by atoms with E-state index in [1.54, 1.807) is 16.7 Å². The van der Waals surface area contributed by atoms with Gasteiger partial charge in [0.15, 0.2) is 0 Å². The molecule has 0 aliphatic rings. The minimum Gasteiger partial charge on any atom is -0.480 e. The molecule has 0 aliphatic heterocycles. The second kappa shape index (κ2) is 9.75. The van der Waals surface area contributed by atoms with Crippen LogP contribution in [0.15, 0.2) is 91.1 Å². The van der Waals surface area contributed by atoms with Gasteiger partial charge < -0.3 is 14.8 Å². The molecule has 4 rings (SSSR count). The third-order valence-electron chi connectivity index (χ3n) is 6.03. The molecule has 172 valence electrons. The van der Waals surface area contributed by atoms with Crippen LogP contribution in [-0.4, -0.2) is 32.7 Å². The van der Waals surface area contributed by atoms with Crippen LogP contribution in [0.3, 0.4) is 0 Å². The summed E-state index contributed by atoms with van der Waals surface area (Å²) in [5.41, 5.74) is 1.91. The molecule has 0 radical (unpaired) electrons. The lowest BCUT2D eigenvalue weighted by Gasteiger charge is -2.26. The van der Waals surface area contributed by atoms with Crippen molar-refractivity contribution in [2.75, 3.05) is 0 Å². The van der Waals surface area contributed by atoms with E-state index in [1.165, 1.54) is 6.92 Å². The Morgan fingerprint density at radius 1 is 0.912 bits per heavy atom. The second-order valence-corrected chi connectivity index (χ2v) is 8.53. The Balaban J connectivity index is 1.59. The van der Waals surface area contributed by atoms with Crippen molar-refractivity contribution in [2.45, 2.75) is 31.7 Å². The molecule has 0 saturated carbocycles. The molecule has 6 nitrogen and oxygen atoms in total. The predicted octanol–water partition coefficient (Wildman–Crippen LogP) is 4.77. The first-order chi connectivity index (χ1) is 16.4. The Bertz CT molecular complexity index is 1330. The number of carbonyl (C=O) groups is 3. The number of aliphatic carboxylic acids is 1. The van der Waals surface area contributed by atoms with Crippen molar-refractivity contribution in [1.82, 2.24) is 9.72 Å². The summed E-state index contributed by atoms with van der Waals surface area (Å²) in [6.07, 6.45) is 3.13. The highest BCUT2D eigenvalue weighted by atomic mass is 16.4. The Morgan fingerprint density at radius 2 is 1.56 bits per heavy atom. The van der Waals surface area contributed by atoms with Gasteiger partial charge in [-0.15, -0.1) is 0 Å². The summed E-state index contributed by atoms with van der Waals surface area (Å²) in [6, 6.07) is 26.4. The van der Waals surface area contributed by atoms with Crippen LogP contribution in [0.1, 0.15) is 35.8 Å². The molecule has 2 N–H and O–H groups in total. The van der Waals surface area contributed by atoms with Gasteiger partial charge in [0.2, 0.25) is 0 Å². The number of pyridine rings is 1. The van der Waals surface area contributed by atoms with Gasteiger partial charge in [-0.2, -0.15) is 0 Å². The minimum atomic E-state index is -1.57. The second-order valence-electron chi connectivity index (χ2n) is 8.53. The number of nitrogens with zero attached hydrogens (tertiary/aromatic N) is 1. The van der Waals surface area contributed by atoms with Gasteiger partial charge in [0, 0.05) is 17.3 Å². The van der Waals surface area contributed by atoms with Crippen molar-refractivity contribution >= 4 is 23.2 Å². The molecule has 0 fully saturated rings. The number of benzene rings is 2. The summed E-state index contributed by atoms with van der Waals surface area (Å²) >= 11 is 0. The number of rotatable bonds is 9. The maximum Gasteiger partial charge on any atom is 0.329 e. The number of amides is 1. The number of nitrogens with one attached hydrogen (secondary N) is 1. The van der Waals surface area contributed by atoms with E-state index in [4.69, 9.17) is 0 Å². The summed E-state index contributed by atoms with van der Waals surface area (Å²) in [6.45, 7) is 1.44. The molecule has 0 aliphatic carbocycles. The molecule has 0 spiro atoms. The number of ketones is 1. The zero-order chi connectivity index (χ0) is 24.1. The van der Waals surface area contributed by atoms with E-state index in [2.05, 4.69) is 5.32 Å². The average molecular weight is 455 g/mol. The molecule has 4 aromatic rings. The fraction of sp³-hybridized carbons (Fsp3) is 0.179. The number of carbonyl (C=O) groups excluding carboxylic acids is 2. The van der Waals surface area contributed by atoms with Gasteiger partial charge in [0.05, 0.1) is 0 Å². The molecule has 0 bridgehead atoms. The number of carboxylic acids is 1. The molecule has 1 atom stereocenters. The van der Waals surface area contributed by atoms with Crippen LogP contribution in [0, 0.1) is 0 Å². The van der Waals surface area contributed by atoms with E-state index in [1.807, 2.05) is 78.9 Å². The van der Waals surface area contributed by atoms with Crippen LogP contribution < -0.4 is 5.32 Å². The molecule has 2 heterocycles. The smallest absolute Gasteiger partial charge is 0.329 e. The average Bonchev–Trinajstić information content (AvgIpc) is 3.24. The first-order valence-electron chi connectivity index (χ1n) is 11.2. The van der Waals surface area contributed by atoms with Gasteiger partial charge >= 0.3 is 5.97 Å². The zero-order valence-electron chi connectivity index (χ0n) is 18.9. The Hall–Kier alpha value is -4.19. The Morgan fingerprint density at radius 3 is 2.24 bits per heavy atom. The molecule has 2 aromatic heterocycles. The van der Waals surface area contributed by atoms with Crippen LogP contribution in [0.4, 0.5) is 0 Å². The molecule has 34 heavy (non-hydrogen) atoms. The van der Waals surface area contributed by atoms with E-state index in [0.717, 1.165) is 16.6 Å². The molecule has 2 aromatic carbocycles. The van der Waals surface area contributed by atoms with E-state index < -0.39 is 23.2 Å². The van der Waals surface area contributed by atoms with Gasteiger partial charge in [-0.1, -0.05) is 66.7 Å². The third kappa shape index (κ3) is 4.76. The van der Waals surface area contributed by atoms with Crippen molar-refractivity contribution in [3.63, 3.8) is 0 Å². The maximum atomic E-state index is 13.4. The van der Waals surface area contributed by atoms with Crippen molar-refractivity contribution in [2.24, 2.45) is 0 Å². The van der Waals surface area contributed by atoms with Crippen LogP contribution in [0.5, 0.6) is 0 Å². The summed E-state index contributed by atoms with van der Waals surface area (Å²) in [5.74, 6) is -2.89. The van der Waals surface area contributed by atoms with Crippen LogP contribution >= 0.6 is 0 Å². The molecular weight excluding hydrogens is 428 g/mol. The minimum absolute atomic E-state index is 0.191. The topological polar surface area (TPSA) is 87.9 Å². The van der Waals surface area contributed by atoms with Crippen LogP contribution in [0.25, 0.3) is 16.6 Å². The van der Waals surface area contributed by atoms with Gasteiger partial charge in [0.25, 0.3) is 11.7 Å². The summed E-state index contributed by atoms with van der Waals surface area (Å²) in [5, 5.41) is 12.4. The van der Waals surface area contributed by atoms with E-state index in [-0.39, 0.29) is 12.1 Å². The highest BCUT2D eigenvalue weighted by molar-refractivity contribution is 6.44. The number of fused-ring (bicyclic) bond motifs is 1. The van der Waals surface area contributed by atoms with Crippen LogP contribution in [0.2, 0.25) is 0 Å². The zero-order valence-corrected chi connectivity index (χ0v) is 18.9. The number of aryl methyl sites for hydroxylation is 1. The van der Waals surface area contributed by atoms with E-state index in [0.29, 0.717) is 18.4 Å². The molecule has 1 amide bonds. The molecule has 6 heteroatoms. The molecule has 1 unspecified atom stereocenters. The first kappa shape index (κ1) is 23.0. The van der Waals surface area contributed by atoms with E-state index in [9.17, 15) is 19.5 Å². The van der Waals surface area contributed by atoms with Gasteiger partial charge in [-0.3, -0.25) is 9.59 Å². The molecule has 0 saturated heterocycles. The number of hydrogen-bond donors (Lipinski definition) is 2. The normalized spacial score (nSPS) is 12.7. The maximum absolute atomic E-state index is 13.4. The first-order valence-corrected chi connectivity index (χ1v) is 11.2. The quantitative estimate of drug-likeness (QED) is 0.282. The van der Waals surface area contributed by atoms with E-state index >= 15 is 0 Å². The lowest BCUT2D eigenvalue weighted by Crippen LogP contribution is -2.54. The lowest BCUT2D eigenvalue weighted by atomic mass is 9.93. The fourth-order valence-electron chi connectivity index (χ4n) is 4.12.